The smallest absolute Gasteiger partial charge is 0.308 e. The van der Waals surface area contributed by atoms with Crippen molar-refractivity contribution in [3.63, 3.8) is 0 Å². The summed E-state index contributed by atoms with van der Waals surface area (Å²) in [7, 11) is 0. The van der Waals surface area contributed by atoms with Crippen LogP contribution < -0.4 is 10.1 Å². The fourth-order valence-electron chi connectivity index (χ4n) is 7.79. The van der Waals surface area contributed by atoms with E-state index in [2.05, 4.69) is 25.2 Å². The molecule has 2 aromatic rings. The lowest BCUT2D eigenvalue weighted by molar-refractivity contribution is -0.945. The predicted octanol–water partition coefficient (Wildman–Crippen LogP) is 6.09. The number of piperidine rings is 1. The first-order valence-electron chi connectivity index (χ1n) is 15.0. The first kappa shape index (κ1) is 30.3. The van der Waals surface area contributed by atoms with Crippen molar-refractivity contribution in [1.82, 2.24) is 5.32 Å². The highest BCUT2D eigenvalue weighted by Gasteiger charge is 2.62. The minimum absolute atomic E-state index is 0.0721. The van der Waals surface area contributed by atoms with Gasteiger partial charge in [-0.25, -0.2) is 0 Å². The van der Waals surface area contributed by atoms with Crippen LogP contribution in [0, 0.1) is 11.8 Å². The van der Waals surface area contributed by atoms with Gasteiger partial charge in [0.25, 0.3) is 0 Å². The first-order chi connectivity index (χ1) is 19.4. The number of carbonyl (C=O) groups is 2. The fourth-order valence-corrected chi connectivity index (χ4v) is 8.11. The van der Waals surface area contributed by atoms with Crippen LogP contribution in [0.2, 0.25) is 10.0 Å². The van der Waals surface area contributed by atoms with Gasteiger partial charge in [0.15, 0.2) is 0 Å². The molecule has 3 fully saturated rings. The number of benzene rings is 2. The second kappa shape index (κ2) is 11.9. The van der Waals surface area contributed by atoms with Crippen molar-refractivity contribution in [2.24, 2.45) is 11.8 Å². The van der Waals surface area contributed by atoms with Gasteiger partial charge in [-0.15, -0.1) is 0 Å². The van der Waals surface area contributed by atoms with E-state index >= 15 is 0 Å². The third kappa shape index (κ3) is 6.77. The molecule has 1 unspecified atom stereocenters. The van der Waals surface area contributed by atoms with Gasteiger partial charge in [-0.3, -0.25) is 9.59 Å². The van der Waals surface area contributed by atoms with E-state index in [1.165, 1.54) is 19.8 Å². The van der Waals surface area contributed by atoms with Gasteiger partial charge in [0.2, 0.25) is 5.91 Å². The normalized spacial score (nSPS) is 29.6. The van der Waals surface area contributed by atoms with E-state index in [1.807, 2.05) is 18.2 Å². The van der Waals surface area contributed by atoms with E-state index in [0.29, 0.717) is 47.5 Å². The number of nitrogens with one attached hydrogen (secondary N) is 1. The number of carbonyl (C=O) groups excluding carboxylic acids is 2. The number of rotatable bonds is 9. The minimum atomic E-state index is -0.936. The Labute approximate surface area is 253 Å². The van der Waals surface area contributed by atoms with Gasteiger partial charge in [0, 0.05) is 36.6 Å². The second-order valence-electron chi connectivity index (χ2n) is 13.3. The molecule has 0 aromatic heterocycles. The Morgan fingerprint density at radius 3 is 2.56 bits per heavy atom. The molecule has 1 heterocycles. The summed E-state index contributed by atoms with van der Waals surface area (Å²) in [6, 6.07) is 12.9. The van der Waals surface area contributed by atoms with Crippen LogP contribution in [0.25, 0.3) is 0 Å². The first-order valence-corrected chi connectivity index (χ1v) is 15.8. The molecule has 0 spiro atoms. The fraction of sp³-hybridized carbons (Fsp3) is 0.576. The summed E-state index contributed by atoms with van der Waals surface area (Å²) >= 11 is 12.2. The van der Waals surface area contributed by atoms with Crippen molar-refractivity contribution in [3.8, 4) is 5.75 Å². The molecule has 5 rings (SSSR count). The zero-order valence-electron chi connectivity index (χ0n) is 24.4. The van der Waals surface area contributed by atoms with Gasteiger partial charge in [0.1, 0.15) is 17.9 Å². The monoisotopic (exact) mass is 601 g/mol. The summed E-state index contributed by atoms with van der Waals surface area (Å²) in [5.41, 5.74) is 0.289. The predicted molar refractivity (Wildman–Crippen MR) is 162 cm³/mol. The number of fused-ring (bicyclic) bond motifs is 1. The molecular weight excluding hydrogens is 559 g/mol. The lowest BCUT2D eigenvalue weighted by Gasteiger charge is -2.61. The molecule has 0 radical (unpaired) electrons. The quantitative estimate of drug-likeness (QED) is 0.207. The molecule has 3 aliphatic rings. The van der Waals surface area contributed by atoms with Crippen LogP contribution in [0.1, 0.15) is 70.4 Å². The van der Waals surface area contributed by atoms with Gasteiger partial charge < -0.3 is 19.6 Å². The van der Waals surface area contributed by atoms with Gasteiger partial charge in [0.05, 0.1) is 36.1 Å². The summed E-state index contributed by atoms with van der Waals surface area (Å²) in [6.07, 6.45) is 5.54. The summed E-state index contributed by atoms with van der Waals surface area (Å²) in [4.78, 5) is 24.9. The molecule has 4 atom stereocenters. The van der Waals surface area contributed by atoms with E-state index in [4.69, 9.17) is 27.9 Å². The molecule has 1 aliphatic heterocycles. The van der Waals surface area contributed by atoms with Crippen molar-refractivity contribution in [1.29, 1.82) is 0 Å². The van der Waals surface area contributed by atoms with Crippen molar-refractivity contribution >= 4 is 35.1 Å². The third-order valence-electron chi connectivity index (χ3n) is 9.46. The Hall–Kier alpha value is -2.12. The molecule has 41 heavy (non-hydrogen) atoms. The van der Waals surface area contributed by atoms with Gasteiger partial charge >= 0.3 is 5.97 Å². The van der Waals surface area contributed by atoms with E-state index in [1.54, 1.807) is 18.2 Å². The number of nitrogens with zero attached hydrogens (tertiary/aromatic N) is 1. The van der Waals surface area contributed by atoms with Crippen LogP contribution in [-0.2, 0) is 21.4 Å². The van der Waals surface area contributed by atoms with Crippen LogP contribution in [0.5, 0.6) is 5.75 Å². The van der Waals surface area contributed by atoms with Crippen LogP contribution >= 0.6 is 23.2 Å². The van der Waals surface area contributed by atoms with Gasteiger partial charge in [-0.2, -0.15) is 0 Å². The van der Waals surface area contributed by atoms with Gasteiger partial charge in [-0.1, -0.05) is 55.2 Å². The highest BCUT2D eigenvalue weighted by molar-refractivity contribution is 6.42. The summed E-state index contributed by atoms with van der Waals surface area (Å²) in [5.74, 6) is 1.34. The summed E-state index contributed by atoms with van der Waals surface area (Å²) in [6.45, 7) is 9.85. The van der Waals surface area contributed by atoms with E-state index in [-0.39, 0.29) is 24.3 Å². The largest absolute Gasteiger partial charge is 0.427 e. The zero-order chi connectivity index (χ0) is 29.4. The number of hydrogen-bond donors (Lipinski definition) is 2. The standard InChI is InChI=1S/C33H42Cl2N2O4/c1-22(2)19-37(20-24-7-8-24)14-13-32(26-5-4-6-28(17-26)41-23(3)38)18-27(11-12-33(32,40)21-37)36-31(39)16-25-9-10-29(34)30(35)15-25/h4-6,9-10,15,17,22,24,27,40H,7-8,11-14,16,18-21H2,1-3H3/p+1/t27-,32-,33?,37+/m1/s1. The average Bonchev–Trinajstić information content (AvgIpc) is 3.69. The molecule has 0 bridgehead atoms. The van der Waals surface area contributed by atoms with E-state index < -0.39 is 11.0 Å². The van der Waals surface area contributed by atoms with Crippen molar-refractivity contribution in [2.45, 2.75) is 82.8 Å². The number of quaternary nitrogens is 1. The van der Waals surface area contributed by atoms with Crippen LogP contribution in [-0.4, -0.2) is 59.3 Å². The lowest BCUT2D eigenvalue weighted by atomic mass is 9.54. The number of esters is 1. The van der Waals surface area contributed by atoms with Crippen molar-refractivity contribution in [3.05, 3.63) is 63.6 Å². The second-order valence-corrected chi connectivity index (χ2v) is 14.2. The number of ether oxygens (including phenoxy) is 1. The lowest BCUT2D eigenvalue weighted by Crippen LogP contribution is -2.73. The molecule has 2 aliphatic carbocycles. The topological polar surface area (TPSA) is 75.6 Å². The maximum atomic E-state index is 13.2. The van der Waals surface area contributed by atoms with Crippen LogP contribution in [0.3, 0.4) is 0 Å². The molecule has 2 saturated carbocycles. The summed E-state index contributed by atoms with van der Waals surface area (Å²) in [5, 5.41) is 16.9. The molecular formula is C33H43Cl2N2O4+. The maximum Gasteiger partial charge on any atom is 0.308 e. The van der Waals surface area contributed by atoms with Crippen molar-refractivity contribution in [2.75, 3.05) is 26.2 Å². The molecule has 6 nitrogen and oxygen atoms in total. The Bertz CT molecular complexity index is 1290. The Kier molecular flexibility index (Phi) is 8.78. The molecule has 1 amide bonds. The number of hydrogen-bond acceptors (Lipinski definition) is 4. The number of aliphatic hydroxyl groups is 1. The SMILES string of the molecule is CC(=O)Oc1cccc([C@]23CC[N@+](CC(C)C)(CC4CC4)CC2(O)CC[C@@H](NC(=O)Cc2ccc(Cl)c(Cl)c2)C3)c1. The zero-order valence-corrected chi connectivity index (χ0v) is 25.9. The maximum absolute atomic E-state index is 13.2. The number of amides is 1. The highest BCUT2D eigenvalue weighted by Crippen LogP contribution is 2.54. The Morgan fingerprint density at radius 1 is 1.10 bits per heavy atom. The average molecular weight is 603 g/mol. The summed E-state index contributed by atoms with van der Waals surface area (Å²) < 4.78 is 6.43. The molecule has 1 saturated heterocycles. The molecule has 2 N–H and O–H groups in total. The number of halogens is 2. The van der Waals surface area contributed by atoms with Crippen molar-refractivity contribution < 1.29 is 23.9 Å². The molecule has 8 heteroatoms. The molecule has 2 aromatic carbocycles. The third-order valence-corrected chi connectivity index (χ3v) is 10.2. The Balaban J connectivity index is 1.43. The van der Waals surface area contributed by atoms with Crippen LogP contribution in [0.4, 0.5) is 0 Å². The highest BCUT2D eigenvalue weighted by atomic mass is 35.5. The van der Waals surface area contributed by atoms with E-state index in [9.17, 15) is 14.7 Å². The molecule has 222 valence electrons. The van der Waals surface area contributed by atoms with E-state index in [0.717, 1.165) is 47.6 Å². The van der Waals surface area contributed by atoms with Crippen LogP contribution in [0.15, 0.2) is 42.5 Å². The Morgan fingerprint density at radius 2 is 1.88 bits per heavy atom. The van der Waals surface area contributed by atoms with Gasteiger partial charge in [-0.05, 0) is 67.5 Å². The minimum Gasteiger partial charge on any atom is -0.427 e. The number of likely N-dealkylation sites (tertiary alicyclic amines) is 1.